The lowest BCUT2D eigenvalue weighted by molar-refractivity contribution is -0.114. The van der Waals surface area contributed by atoms with E-state index in [1.165, 1.54) is 19.8 Å². The minimum Gasteiger partial charge on any atom is -0.493 e. The average molecular weight is 384 g/mol. The highest BCUT2D eigenvalue weighted by atomic mass is 16.5. The molecule has 0 heterocycles. The van der Waals surface area contributed by atoms with Gasteiger partial charge >= 0.3 is 0 Å². The topological polar surface area (TPSA) is 76.7 Å². The van der Waals surface area contributed by atoms with E-state index in [4.69, 9.17) is 9.47 Å². The molecule has 0 spiro atoms. The number of hydrogen-bond donors (Lipinski definition) is 2. The minimum atomic E-state index is -0.250. The Hall–Kier alpha value is -3.02. The molecule has 0 unspecified atom stereocenters. The normalized spacial score (nSPS) is 10.2. The molecule has 2 rings (SSSR count). The maximum atomic E-state index is 12.5. The first kappa shape index (κ1) is 21.3. The Morgan fingerprint density at radius 3 is 2.18 bits per heavy atom. The fourth-order valence-corrected chi connectivity index (χ4v) is 2.68. The van der Waals surface area contributed by atoms with Crippen molar-refractivity contribution in [1.29, 1.82) is 0 Å². The lowest BCUT2D eigenvalue weighted by atomic mass is 10.1. The number of ether oxygens (including phenoxy) is 2. The van der Waals surface area contributed by atoms with Crippen molar-refractivity contribution in [2.75, 3.05) is 24.4 Å². The summed E-state index contributed by atoms with van der Waals surface area (Å²) in [5.41, 5.74) is 1.78. The van der Waals surface area contributed by atoms with E-state index in [-0.39, 0.29) is 11.8 Å². The Kier molecular flexibility index (Phi) is 8.34. The van der Waals surface area contributed by atoms with Gasteiger partial charge in [0.25, 0.3) is 5.91 Å². The van der Waals surface area contributed by atoms with Gasteiger partial charge in [-0.25, -0.2) is 0 Å². The SMILES string of the molecule is CCCCCCOc1ccc(C(=O)Nc2ccc(NC(C)=O)cc2)cc1OC. The third-order valence-electron chi connectivity index (χ3n) is 4.14. The predicted octanol–water partition coefficient (Wildman–Crippen LogP) is 4.87. The minimum absolute atomic E-state index is 0.142. The van der Waals surface area contributed by atoms with Gasteiger partial charge in [-0.1, -0.05) is 26.2 Å². The summed E-state index contributed by atoms with van der Waals surface area (Å²) in [5.74, 6) is 0.774. The summed E-state index contributed by atoms with van der Waals surface area (Å²) in [7, 11) is 1.56. The van der Waals surface area contributed by atoms with Gasteiger partial charge in [0.1, 0.15) is 0 Å². The fraction of sp³-hybridized carbons (Fsp3) is 0.364. The lowest BCUT2D eigenvalue weighted by Gasteiger charge is -2.12. The first-order chi connectivity index (χ1) is 13.5. The molecule has 0 bridgehead atoms. The van der Waals surface area contributed by atoms with Crippen molar-refractivity contribution in [2.24, 2.45) is 0 Å². The van der Waals surface area contributed by atoms with E-state index in [2.05, 4.69) is 17.6 Å². The van der Waals surface area contributed by atoms with Gasteiger partial charge in [-0.05, 0) is 48.9 Å². The monoisotopic (exact) mass is 384 g/mol. The second-order valence-electron chi connectivity index (χ2n) is 6.49. The molecule has 2 aromatic rings. The van der Waals surface area contributed by atoms with Crippen LogP contribution in [0.1, 0.15) is 49.9 Å². The van der Waals surface area contributed by atoms with Crippen molar-refractivity contribution < 1.29 is 19.1 Å². The Morgan fingerprint density at radius 1 is 0.893 bits per heavy atom. The summed E-state index contributed by atoms with van der Waals surface area (Å²) >= 11 is 0. The molecule has 2 N–H and O–H groups in total. The maximum Gasteiger partial charge on any atom is 0.255 e. The van der Waals surface area contributed by atoms with Gasteiger partial charge in [-0.2, -0.15) is 0 Å². The highest BCUT2D eigenvalue weighted by Gasteiger charge is 2.12. The molecule has 150 valence electrons. The van der Waals surface area contributed by atoms with E-state index < -0.39 is 0 Å². The Morgan fingerprint density at radius 2 is 1.57 bits per heavy atom. The Bertz CT molecular complexity index is 788. The van der Waals surface area contributed by atoms with Gasteiger partial charge < -0.3 is 20.1 Å². The molecule has 6 nitrogen and oxygen atoms in total. The van der Waals surface area contributed by atoms with Crippen LogP contribution in [-0.4, -0.2) is 25.5 Å². The molecule has 0 fully saturated rings. The number of rotatable bonds is 10. The second kappa shape index (κ2) is 11.0. The number of benzene rings is 2. The largest absolute Gasteiger partial charge is 0.493 e. The molecule has 0 aromatic heterocycles. The van der Waals surface area contributed by atoms with Crippen LogP contribution in [0.3, 0.4) is 0 Å². The molecule has 2 aromatic carbocycles. The number of hydrogen-bond acceptors (Lipinski definition) is 4. The zero-order valence-electron chi connectivity index (χ0n) is 16.7. The molecule has 0 saturated heterocycles. The zero-order chi connectivity index (χ0) is 20.4. The fourth-order valence-electron chi connectivity index (χ4n) is 2.68. The average Bonchev–Trinajstić information content (AvgIpc) is 2.69. The van der Waals surface area contributed by atoms with E-state index in [0.29, 0.717) is 35.0 Å². The number of unbranched alkanes of at least 4 members (excludes halogenated alkanes) is 3. The van der Waals surface area contributed by atoms with Gasteiger partial charge in [-0.15, -0.1) is 0 Å². The quantitative estimate of drug-likeness (QED) is 0.573. The molecule has 2 amide bonds. The van der Waals surface area contributed by atoms with Gasteiger partial charge in [0.15, 0.2) is 11.5 Å². The summed E-state index contributed by atoms with van der Waals surface area (Å²) in [4.78, 5) is 23.6. The van der Waals surface area contributed by atoms with Crippen LogP contribution in [0.5, 0.6) is 11.5 Å². The van der Waals surface area contributed by atoms with Crippen LogP contribution < -0.4 is 20.1 Å². The number of carbonyl (C=O) groups excluding carboxylic acids is 2. The number of carbonyl (C=O) groups is 2. The van der Waals surface area contributed by atoms with Gasteiger partial charge in [0.05, 0.1) is 13.7 Å². The predicted molar refractivity (Wildman–Crippen MR) is 111 cm³/mol. The molecule has 0 aliphatic carbocycles. The summed E-state index contributed by atoms with van der Waals surface area (Å²) in [5, 5.41) is 5.51. The number of amides is 2. The van der Waals surface area contributed by atoms with Crippen molar-refractivity contribution in [3.05, 3.63) is 48.0 Å². The Labute approximate surface area is 166 Å². The second-order valence-corrected chi connectivity index (χ2v) is 6.49. The van der Waals surface area contributed by atoms with Crippen molar-refractivity contribution in [1.82, 2.24) is 0 Å². The van der Waals surface area contributed by atoms with Gasteiger partial charge in [0, 0.05) is 23.9 Å². The van der Waals surface area contributed by atoms with E-state index in [9.17, 15) is 9.59 Å². The summed E-state index contributed by atoms with van der Waals surface area (Å²) < 4.78 is 11.2. The molecular formula is C22H28N2O4. The molecule has 0 aliphatic rings. The number of anilines is 2. The van der Waals surface area contributed by atoms with Crippen molar-refractivity contribution in [3.8, 4) is 11.5 Å². The van der Waals surface area contributed by atoms with E-state index >= 15 is 0 Å². The van der Waals surface area contributed by atoms with Crippen LogP contribution >= 0.6 is 0 Å². The molecule has 28 heavy (non-hydrogen) atoms. The van der Waals surface area contributed by atoms with Crippen LogP contribution in [0.2, 0.25) is 0 Å². The van der Waals surface area contributed by atoms with Crippen LogP contribution in [-0.2, 0) is 4.79 Å². The third-order valence-corrected chi connectivity index (χ3v) is 4.14. The van der Waals surface area contributed by atoms with Crippen molar-refractivity contribution >= 4 is 23.2 Å². The van der Waals surface area contributed by atoms with E-state index in [0.717, 1.165) is 12.8 Å². The maximum absolute atomic E-state index is 12.5. The standard InChI is InChI=1S/C22H28N2O4/c1-4-5-6-7-14-28-20-13-8-17(15-21(20)27-3)22(26)24-19-11-9-18(10-12-19)23-16(2)25/h8-13,15H,4-7,14H2,1-3H3,(H,23,25)(H,24,26). The van der Waals surface area contributed by atoms with Gasteiger partial charge in [-0.3, -0.25) is 9.59 Å². The first-order valence-corrected chi connectivity index (χ1v) is 9.53. The third kappa shape index (κ3) is 6.61. The Balaban J connectivity index is 1.98. The molecule has 0 aliphatic heterocycles. The van der Waals surface area contributed by atoms with E-state index in [1.54, 1.807) is 49.6 Å². The molecule has 0 saturated carbocycles. The van der Waals surface area contributed by atoms with Crippen molar-refractivity contribution in [2.45, 2.75) is 39.5 Å². The molecular weight excluding hydrogens is 356 g/mol. The molecule has 0 atom stereocenters. The van der Waals surface area contributed by atoms with Crippen LogP contribution in [0.25, 0.3) is 0 Å². The van der Waals surface area contributed by atoms with Crippen LogP contribution in [0.4, 0.5) is 11.4 Å². The first-order valence-electron chi connectivity index (χ1n) is 9.53. The summed E-state index contributed by atoms with van der Waals surface area (Å²) in [6, 6.07) is 12.1. The van der Waals surface area contributed by atoms with Crippen molar-refractivity contribution in [3.63, 3.8) is 0 Å². The smallest absolute Gasteiger partial charge is 0.255 e. The van der Waals surface area contributed by atoms with Crippen LogP contribution in [0.15, 0.2) is 42.5 Å². The summed E-state index contributed by atoms with van der Waals surface area (Å²) in [6.45, 7) is 4.25. The summed E-state index contributed by atoms with van der Waals surface area (Å²) in [6.07, 6.45) is 4.52. The zero-order valence-corrected chi connectivity index (χ0v) is 16.7. The lowest BCUT2D eigenvalue weighted by Crippen LogP contribution is -2.12. The highest BCUT2D eigenvalue weighted by molar-refractivity contribution is 6.04. The van der Waals surface area contributed by atoms with E-state index in [1.807, 2.05) is 0 Å². The molecule has 6 heteroatoms. The highest BCUT2D eigenvalue weighted by Crippen LogP contribution is 2.28. The van der Waals surface area contributed by atoms with Crippen LogP contribution in [0, 0.1) is 0 Å². The molecule has 0 radical (unpaired) electrons. The van der Waals surface area contributed by atoms with Gasteiger partial charge in [0.2, 0.25) is 5.91 Å². The number of nitrogens with one attached hydrogen (secondary N) is 2. The number of methoxy groups -OCH3 is 1.